The molecule has 33 heavy (non-hydrogen) atoms. The second kappa shape index (κ2) is 9.08. The monoisotopic (exact) mass is 465 g/mol. The average Bonchev–Trinajstić information content (AvgIpc) is 3.14. The average molecular weight is 466 g/mol. The number of halogens is 1. The first-order chi connectivity index (χ1) is 15.6. The Morgan fingerprint density at radius 1 is 1.00 bits per heavy atom. The van der Waals surface area contributed by atoms with Crippen molar-refractivity contribution in [2.45, 2.75) is 51.5 Å². The van der Waals surface area contributed by atoms with Crippen LogP contribution in [0.25, 0.3) is 16.6 Å². The van der Waals surface area contributed by atoms with E-state index in [2.05, 4.69) is 15.9 Å². The molecule has 4 aromatic rings. The molecule has 0 bridgehead atoms. The molecule has 4 rings (SSSR count). The van der Waals surface area contributed by atoms with Gasteiger partial charge in [-0.1, -0.05) is 23.8 Å². The molecular formula is C26H28FN3O2S. The predicted octanol–water partition coefficient (Wildman–Crippen LogP) is 5.39. The van der Waals surface area contributed by atoms with E-state index in [-0.39, 0.29) is 11.9 Å². The third-order valence-corrected chi connectivity index (χ3v) is 7.69. The molecular weight excluding hydrogens is 437 g/mol. The number of fused-ring (bicyclic) bond motifs is 1. The fraction of sp³-hybridized carbons (Fsp3) is 0.269. The number of aromatic nitrogens is 2. The maximum atomic E-state index is 13.2. The third-order valence-electron chi connectivity index (χ3n) is 5.80. The second-order valence-corrected chi connectivity index (χ2v) is 10.4. The van der Waals surface area contributed by atoms with Gasteiger partial charge in [-0.2, -0.15) is 5.10 Å². The van der Waals surface area contributed by atoms with Crippen LogP contribution in [0.15, 0.2) is 65.7 Å². The summed E-state index contributed by atoms with van der Waals surface area (Å²) < 4.78 is 43.8. The van der Waals surface area contributed by atoms with E-state index < -0.39 is 10.0 Å². The molecule has 3 aromatic carbocycles. The molecule has 0 fully saturated rings. The van der Waals surface area contributed by atoms with Gasteiger partial charge < -0.3 is 0 Å². The van der Waals surface area contributed by atoms with Crippen molar-refractivity contribution in [3.8, 4) is 5.69 Å². The molecule has 0 aliphatic rings. The van der Waals surface area contributed by atoms with E-state index in [0.717, 1.165) is 45.3 Å². The number of hydrogen-bond acceptors (Lipinski definition) is 3. The smallest absolute Gasteiger partial charge is 0.233 e. The van der Waals surface area contributed by atoms with E-state index >= 15 is 0 Å². The summed E-state index contributed by atoms with van der Waals surface area (Å²) in [6.45, 7) is 7.52. The first-order valence-corrected chi connectivity index (χ1v) is 12.4. The zero-order chi connectivity index (χ0) is 23.8. The van der Waals surface area contributed by atoms with Crippen molar-refractivity contribution in [3.05, 3.63) is 88.9 Å². The first kappa shape index (κ1) is 23.1. The second-order valence-electron chi connectivity index (χ2n) is 8.71. The van der Waals surface area contributed by atoms with Crippen LogP contribution in [0, 0.1) is 26.6 Å². The van der Waals surface area contributed by atoms with Gasteiger partial charge in [-0.05, 0) is 93.6 Å². The maximum absolute atomic E-state index is 13.2. The largest absolute Gasteiger partial charge is 0.241 e. The van der Waals surface area contributed by atoms with Crippen molar-refractivity contribution in [1.29, 1.82) is 0 Å². The number of benzene rings is 3. The van der Waals surface area contributed by atoms with Gasteiger partial charge in [0.25, 0.3) is 0 Å². The molecule has 0 amide bonds. The summed E-state index contributed by atoms with van der Waals surface area (Å²) in [5, 5.41) is 5.42. The van der Waals surface area contributed by atoms with Crippen LogP contribution in [-0.2, 0) is 16.4 Å². The lowest BCUT2D eigenvalue weighted by Crippen LogP contribution is -2.33. The maximum Gasteiger partial charge on any atom is 0.241 e. The van der Waals surface area contributed by atoms with E-state index in [9.17, 15) is 12.8 Å². The normalized spacial score (nSPS) is 12.9. The van der Waals surface area contributed by atoms with Crippen molar-refractivity contribution < 1.29 is 12.8 Å². The zero-order valence-corrected chi connectivity index (χ0v) is 20.1. The molecule has 1 unspecified atom stereocenters. The highest BCUT2D eigenvalue weighted by Crippen LogP contribution is 2.23. The van der Waals surface area contributed by atoms with Gasteiger partial charge in [0.2, 0.25) is 10.0 Å². The molecule has 1 aromatic heterocycles. The zero-order valence-electron chi connectivity index (χ0n) is 19.3. The van der Waals surface area contributed by atoms with E-state index in [1.54, 1.807) is 23.0 Å². The fourth-order valence-corrected chi connectivity index (χ4v) is 6.11. The van der Waals surface area contributed by atoms with Gasteiger partial charge >= 0.3 is 0 Å². The van der Waals surface area contributed by atoms with Gasteiger partial charge in [0.1, 0.15) is 5.82 Å². The SMILES string of the molecule is Cc1cc(C)c(S(=O)(=O)NC(C)CCc2ccc3c(cnn3-c3ccc(F)cc3)c2)c(C)c1. The summed E-state index contributed by atoms with van der Waals surface area (Å²) in [6.07, 6.45) is 3.19. The quantitative estimate of drug-likeness (QED) is 0.398. The van der Waals surface area contributed by atoms with Crippen molar-refractivity contribution in [2.24, 2.45) is 0 Å². The summed E-state index contributed by atoms with van der Waals surface area (Å²) in [4.78, 5) is 0.370. The van der Waals surface area contributed by atoms with E-state index in [4.69, 9.17) is 0 Å². The molecule has 1 heterocycles. The molecule has 0 aliphatic heterocycles. The lowest BCUT2D eigenvalue weighted by Gasteiger charge is -2.17. The number of nitrogens with zero attached hydrogens (tertiary/aromatic N) is 2. The van der Waals surface area contributed by atoms with Crippen LogP contribution in [0.5, 0.6) is 0 Å². The van der Waals surface area contributed by atoms with E-state index in [1.807, 2.05) is 52.0 Å². The minimum atomic E-state index is -3.60. The number of rotatable bonds is 7. The minimum Gasteiger partial charge on any atom is -0.233 e. The van der Waals surface area contributed by atoms with Crippen molar-refractivity contribution in [3.63, 3.8) is 0 Å². The molecule has 1 atom stereocenters. The highest BCUT2D eigenvalue weighted by Gasteiger charge is 2.22. The minimum absolute atomic E-state index is 0.215. The number of nitrogens with one attached hydrogen (secondary N) is 1. The highest BCUT2D eigenvalue weighted by molar-refractivity contribution is 7.89. The summed E-state index contributed by atoms with van der Waals surface area (Å²) in [5.74, 6) is -0.282. The Labute approximate surface area is 194 Å². The molecule has 172 valence electrons. The molecule has 0 saturated heterocycles. The van der Waals surface area contributed by atoms with Crippen LogP contribution in [0.2, 0.25) is 0 Å². The molecule has 7 heteroatoms. The lowest BCUT2D eigenvalue weighted by atomic mass is 10.1. The number of aryl methyl sites for hydroxylation is 4. The van der Waals surface area contributed by atoms with Gasteiger partial charge in [-0.25, -0.2) is 22.2 Å². The number of hydrogen-bond donors (Lipinski definition) is 1. The van der Waals surface area contributed by atoms with Gasteiger partial charge in [-0.15, -0.1) is 0 Å². The lowest BCUT2D eigenvalue weighted by molar-refractivity contribution is 0.546. The van der Waals surface area contributed by atoms with Crippen LogP contribution >= 0.6 is 0 Å². The summed E-state index contributed by atoms with van der Waals surface area (Å²) in [5.41, 5.74) is 5.41. The van der Waals surface area contributed by atoms with Crippen LogP contribution in [-0.4, -0.2) is 24.2 Å². The Bertz CT molecular complexity index is 1390. The highest BCUT2D eigenvalue weighted by atomic mass is 32.2. The molecule has 0 aliphatic carbocycles. The van der Waals surface area contributed by atoms with Crippen LogP contribution in [0.4, 0.5) is 4.39 Å². The Morgan fingerprint density at radius 3 is 2.33 bits per heavy atom. The Morgan fingerprint density at radius 2 is 1.67 bits per heavy atom. The molecule has 0 saturated carbocycles. The summed E-state index contributed by atoms with van der Waals surface area (Å²) in [7, 11) is -3.60. The Kier molecular flexibility index (Phi) is 6.36. The summed E-state index contributed by atoms with van der Waals surface area (Å²) >= 11 is 0. The van der Waals surface area contributed by atoms with Crippen LogP contribution < -0.4 is 4.72 Å². The fourth-order valence-electron chi connectivity index (χ4n) is 4.38. The molecule has 0 spiro atoms. The van der Waals surface area contributed by atoms with Crippen molar-refractivity contribution in [1.82, 2.24) is 14.5 Å². The van der Waals surface area contributed by atoms with Gasteiger partial charge in [0.15, 0.2) is 0 Å². The molecule has 0 radical (unpaired) electrons. The van der Waals surface area contributed by atoms with Crippen LogP contribution in [0.1, 0.15) is 35.6 Å². The number of sulfonamides is 1. The van der Waals surface area contributed by atoms with E-state index in [1.165, 1.54) is 12.1 Å². The Balaban J connectivity index is 1.46. The van der Waals surface area contributed by atoms with Crippen molar-refractivity contribution >= 4 is 20.9 Å². The first-order valence-electron chi connectivity index (χ1n) is 11.0. The van der Waals surface area contributed by atoms with Crippen LogP contribution in [0.3, 0.4) is 0 Å². The summed E-state index contributed by atoms with van der Waals surface area (Å²) in [6, 6.07) is 15.9. The van der Waals surface area contributed by atoms with Gasteiger partial charge in [0.05, 0.1) is 22.3 Å². The predicted molar refractivity (Wildman–Crippen MR) is 130 cm³/mol. The Hall–Kier alpha value is -3.03. The standard InChI is InChI=1S/C26H28FN3O2S/c1-17-13-18(2)26(19(3)14-17)33(31,32)29-20(4)5-6-21-7-12-25-22(15-21)16-28-30(25)24-10-8-23(27)9-11-24/h7-16,20,29H,5-6H2,1-4H3. The van der Waals surface area contributed by atoms with E-state index in [0.29, 0.717) is 11.3 Å². The van der Waals surface area contributed by atoms with Crippen molar-refractivity contribution in [2.75, 3.05) is 0 Å². The molecule has 1 N–H and O–H groups in total. The molecule has 5 nitrogen and oxygen atoms in total. The third kappa shape index (κ3) is 4.99. The van der Waals surface area contributed by atoms with Gasteiger partial charge in [0, 0.05) is 11.4 Å². The topological polar surface area (TPSA) is 64.0 Å². The van der Waals surface area contributed by atoms with Gasteiger partial charge in [-0.3, -0.25) is 0 Å².